The molecule has 14 nitrogen and oxygen atoms in total. The van der Waals surface area contributed by atoms with E-state index in [0.717, 1.165) is 16.4 Å². The Labute approximate surface area is 218 Å². The number of nitrogens with two attached hydrogens (primary N) is 1. The fourth-order valence-electron chi connectivity index (χ4n) is 4.80. The van der Waals surface area contributed by atoms with Gasteiger partial charge in [0.15, 0.2) is 5.13 Å². The maximum Gasteiger partial charge on any atom is 0.352 e. The molecule has 0 unspecified atom stereocenters. The number of β-lactam (4-membered cyclic amide) rings is 1. The maximum absolute atomic E-state index is 13.0. The maximum atomic E-state index is 13.0. The third kappa shape index (κ3) is 4.21. The number of hydrogen-bond acceptors (Lipinski definition) is 11. The number of anilines is 2. The summed E-state index contributed by atoms with van der Waals surface area (Å²) in [5.41, 5.74) is 6.07. The van der Waals surface area contributed by atoms with Crippen molar-refractivity contribution in [3.8, 4) is 5.75 Å². The van der Waals surface area contributed by atoms with Crippen molar-refractivity contribution in [1.29, 1.82) is 0 Å². The number of nitrogens with zero attached hydrogens (tertiary/aromatic N) is 5. The predicted octanol–water partition coefficient (Wildman–Crippen LogP) is 0.196. The van der Waals surface area contributed by atoms with Crippen LogP contribution in [0.3, 0.4) is 0 Å². The summed E-state index contributed by atoms with van der Waals surface area (Å²) in [4.78, 5) is 57.2. The van der Waals surface area contributed by atoms with Crippen molar-refractivity contribution in [2.45, 2.75) is 31.3 Å². The second-order valence-electron chi connectivity index (χ2n) is 8.74. The number of hydrogen-bond donors (Lipinski definition) is 5. The number of nitrogen functional groups attached to an aromatic ring is 1. The van der Waals surface area contributed by atoms with E-state index < -0.39 is 35.6 Å². The predicted molar refractivity (Wildman–Crippen MR) is 132 cm³/mol. The van der Waals surface area contributed by atoms with Gasteiger partial charge in [0.25, 0.3) is 17.7 Å². The highest BCUT2D eigenvalue weighted by Crippen LogP contribution is 2.38. The zero-order valence-corrected chi connectivity index (χ0v) is 20.4. The van der Waals surface area contributed by atoms with Crippen LogP contribution in [0.5, 0.6) is 5.75 Å². The number of carboxylic acids is 1. The monoisotopic (exact) mass is 539 g/mol. The number of allylic oxidation sites excluding steroid dienone is 2. The van der Waals surface area contributed by atoms with Crippen LogP contribution in [0.4, 0.5) is 10.8 Å². The molecule has 38 heavy (non-hydrogen) atoms. The highest BCUT2D eigenvalue weighted by atomic mass is 32.1. The summed E-state index contributed by atoms with van der Waals surface area (Å²) in [6.45, 7) is 0.388. The molecule has 3 aliphatic rings. The molecule has 0 bridgehead atoms. The topological polar surface area (TPSA) is 212 Å². The van der Waals surface area contributed by atoms with Crippen LogP contribution in [0, 0.1) is 0 Å². The van der Waals surface area contributed by atoms with Gasteiger partial charge in [-0.15, -0.1) is 0 Å². The quantitative estimate of drug-likeness (QED) is 0.111. The molecule has 1 aromatic heterocycles. The average molecular weight is 540 g/mol. The van der Waals surface area contributed by atoms with Crippen molar-refractivity contribution < 1.29 is 34.6 Å². The van der Waals surface area contributed by atoms with Crippen LogP contribution in [-0.2, 0) is 19.2 Å². The lowest BCUT2D eigenvalue weighted by Crippen LogP contribution is -2.72. The lowest BCUT2D eigenvalue weighted by Gasteiger charge is -2.50. The molecule has 2 atom stereocenters. The first-order chi connectivity index (χ1) is 18.2. The number of aromatic hydroxyl groups is 1. The van der Waals surface area contributed by atoms with E-state index in [2.05, 4.69) is 19.8 Å². The van der Waals surface area contributed by atoms with E-state index in [1.807, 2.05) is 0 Å². The number of carbonyl (C=O) groups excluding carboxylic acids is 3. The zero-order chi connectivity index (χ0) is 27.1. The zero-order valence-electron chi connectivity index (χ0n) is 19.6. The number of benzene rings is 1. The first kappa shape index (κ1) is 24.9. The van der Waals surface area contributed by atoms with Crippen molar-refractivity contribution in [3.05, 3.63) is 53.0 Å². The summed E-state index contributed by atoms with van der Waals surface area (Å²) in [6, 6.07) is 4.49. The Bertz CT molecular complexity index is 1450. The number of phenolic OH excluding ortho intramolecular Hbond substituents is 1. The minimum atomic E-state index is -1.33. The van der Waals surface area contributed by atoms with Gasteiger partial charge in [0.1, 0.15) is 17.5 Å². The molecule has 4 heterocycles. The summed E-state index contributed by atoms with van der Waals surface area (Å²) >= 11 is 0.795. The van der Waals surface area contributed by atoms with E-state index in [0.29, 0.717) is 36.2 Å². The molecule has 2 fully saturated rings. The Morgan fingerprint density at radius 3 is 2.58 bits per heavy atom. The standard InChI is InChI=1S/C23H21N7O7S/c24-23-26-18(28-38-23)16(27-37)19(32)25-15-14-6-1-10(17(22(35)36)30(14)21(15)34)9-11-7-8-29(20(11)33)12-2-4-13(31)5-3-12/h2-5,9,14-15,31,37H,1,6-8H2,(H,25,32)(H,35,36)(H2,24,26,28)/b11-9?,27-16-/t14-,15+/m1/s1. The summed E-state index contributed by atoms with van der Waals surface area (Å²) in [6.07, 6.45) is 2.49. The van der Waals surface area contributed by atoms with E-state index in [1.54, 1.807) is 12.1 Å². The molecule has 196 valence electrons. The van der Waals surface area contributed by atoms with Crippen LogP contribution >= 0.6 is 11.5 Å². The van der Waals surface area contributed by atoms with Crippen molar-refractivity contribution >= 4 is 51.8 Å². The number of aromatic nitrogens is 2. The SMILES string of the molecule is Nc1nc(/C(=N/O)C(=O)N[C@@H]2C(=O)N3C(C(=O)O)=C(C=C4CCN(c5ccc(O)cc5)C4=O)CC[C@H]23)ns1. The molecular formula is C23H21N7O7S. The summed E-state index contributed by atoms with van der Waals surface area (Å²) < 4.78 is 3.81. The Balaban J connectivity index is 1.35. The van der Waals surface area contributed by atoms with Crippen LogP contribution in [0.1, 0.15) is 25.1 Å². The Kier molecular flexibility index (Phi) is 6.28. The van der Waals surface area contributed by atoms with E-state index in [1.165, 1.54) is 23.1 Å². The van der Waals surface area contributed by atoms with Gasteiger partial charge in [-0.2, -0.15) is 9.36 Å². The average Bonchev–Trinajstić information content (AvgIpc) is 3.48. The van der Waals surface area contributed by atoms with Gasteiger partial charge in [-0.1, -0.05) is 5.16 Å². The molecule has 6 N–H and O–H groups in total. The van der Waals surface area contributed by atoms with Gasteiger partial charge in [-0.3, -0.25) is 19.3 Å². The normalized spacial score (nSPS) is 22.5. The highest BCUT2D eigenvalue weighted by molar-refractivity contribution is 7.09. The number of nitrogens with one attached hydrogen (secondary N) is 1. The molecule has 0 saturated carbocycles. The second kappa shape index (κ2) is 9.59. The molecule has 15 heteroatoms. The van der Waals surface area contributed by atoms with Crippen LogP contribution in [0.2, 0.25) is 0 Å². The molecule has 0 aliphatic carbocycles. The molecule has 3 amide bonds. The number of carboxylic acid groups (broad SMARTS) is 1. The van der Waals surface area contributed by atoms with Crippen LogP contribution in [0.15, 0.2) is 52.3 Å². The third-order valence-corrected chi connectivity index (χ3v) is 7.11. The fraction of sp³-hybridized carbons (Fsp3) is 0.261. The fourth-order valence-corrected chi connectivity index (χ4v) is 5.24. The van der Waals surface area contributed by atoms with E-state index >= 15 is 0 Å². The summed E-state index contributed by atoms with van der Waals surface area (Å²) in [5, 5.41) is 34.1. The van der Waals surface area contributed by atoms with E-state index in [-0.39, 0.29) is 34.7 Å². The Morgan fingerprint density at radius 1 is 1.21 bits per heavy atom. The molecule has 2 saturated heterocycles. The minimum Gasteiger partial charge on any atom is -0.508 e. The molecule has 1 aromatic carbocycles. The number of aliphatic carboxylic acids is 1. The Hall–Kier alpha value is -4.79. The van der Waals surface area contributed by atoms with E-state index in [4.69, 9.17) is 5.73 Å². The molecule has 3 aliphatic heterocycles. The van der Waals surface area contributed by atoms with Gasteiger partial charge in [0, 0.05) is 29.3 Å². The number of carbonyl (C=O) groups is 4. The lowest BCUT2D eigenvalue weighted by atomic mass is 9.83. The van der Waals surface area contributed by atoms with Crippen LogP contribution in [0.25, 0.3) is 0 Å². The second-order valence-corrected chi connectivity index (χ2v) is 9.53. The van der Waals surface area contributed by atoms with Gasteiger partial charge in [0.05, 0.1) is 6.04 Å². The number of rotatable bonds is 6. The first-order valence-corrected chi connectivity index (χ1v) is 12.2. The largest absolute Gasteiger partial charge is 0.508 e. The summed E-state index contributed by atoms with van der Waals surface area (Å²) in [7, 11) is 0. The molecule has 2 aromatic rings. The van der Waals surface area contributed by atoms with Crippen molar-refractivity contribution in [1.82, 2.24) is 19.6 Å². The van der Waals surface area contributed by atoms with Crippen molar-refractivity contribution in [2.75, 3.05) is 17.2 Å². The van der Waals surface area contributed by atoms with Gasteiger partial charge in [-0.05, 0) is 55.2 Å². The Morgan fingerprint density at radius 2 is 1.95 bits per heavy atom. The van der Waals surface area contributed by atoms with Gasteiger partial charge < -0.3 is 31.4 Å². The summed E-state index contributed by atoms with van der Waals surface area (Å²) in [5.74, 6) is -3.32. The number of phenols is 1. The highest BCUT2D eigenvalue weighted by Gasteiger charge is 2.53. The number of fused-ring (bicyclic) bond motifs is 1. The minimum absolute atomic E-state index is 0.0527. The number of oxime groups is 1. The van der Waals surface area contributed by atoms with Gasteiger partial charge in [0.2, 0.25) is 11.5 Å². The van der Waals surface area contributed by atoms with Crippen molar-refractivity contribution in [2.24, 2.45) is 5.16 Å². The van der Waals surface area contributed by atoms with Crippen LogP contribution < -0.4 is 16.0 Å². The van der Waals surface area contributed by atoms with Crippen LogP contribution in [-0.4, -0.2) is 77.7 Å². The molecule has 0 spiro atoms. The smallest absolute Gasteiger partial charge is 0.352 e. The molecular weight excluding hydrogens is 518 g/mol. The third-order valence-electron chi connectivity index (χ3n) is 6.57. The lowest BCUT2D eigenvalue weighted by molar-refractivity contribution is -0.155. The van der Waals surface area contributed by atoms with Gasteiger partial charge in [-0.25, -0.2) is 4.79 Å². The number of amides is 3. The van der Waals surface area contributed by atoms with Gasteiger partial charge >= 0.3 is 5.97 Å². The molecule has 5 rings (SSSR count). The van der Waals surface area contributed by atoms with Crippen molar-refractivity contribution in [3.63, 3.8) is 0 Å². The first-order valence-electron chi connectivity index (χ1n) is 11.4. The molecule has 0 radical (unpaired) electrons. The van der Waals surface area contributed by atoms with E-state index in [9.17, 15) is 34.6 Å².